The standard InChI is InChI=1S/C20H31N5O3/c1-20(2,3)22-18(26)15-23-6-8-25(9-7-23)19(27)16-4-5-17(21-14-16)24-10-12-28-13-11-24/h4-5,14H,6-13,15H2,1-3H3,(H,22,26). The van der Waals surface area contributed by atoms with E-state index in [0.29, 0.717) is 51.5 Å². The highest BCUT2D eigenvalue weighted by Crippen LogP contribution is 2.15. The van der Waals surface area contributed by atoms with E-state index in [1.807, 2.05) is 37.8 Å². The predicted molar refractivity (Wildman–Crippen MR) is 108 cm³/mol. The van der Waals surface area contributed by atoms with Gasteiger partial charge in [0.2, 0.25) is 5.91 Å². The van der Waals surface area contributed by atoms with Crippen LogP contribution in [0.3, 0.4) is 0 Å². The van der Waals surface area contributed by atoms with Gasteiger partial charge in [0.05, 0.1) is 25.3 Å². The van der Waals surface area contributed by atoms with Crippen molar-refractivity contribution >= 4 is 17.6 Å². The predicted octanol–water partition coefficient (Wildman–Crippen LogP) is 0.591. The number of carbonyl (C=O) groups is 2. The summed E-state index contributed by atoms with van der Waals surface area (Å²) in [6.45, 7) is 12.0. The molecule has 0 unspecified atom stereocenters. The number of morpholine rings is 1. The van der Waals surface area contributed by atoms with Crippen LogP contribution in [0.4, 0.5) is 5.82 Å². The monoisotopic (exact) mass is 389 g/mol. The van der Waals surface area contributed by atoms with Gasteiger partial charge in [-0.25, -0.2) is 4.98 Å². The number of ether oxygens (including phenoxy) is 1. The summed E-state index contributed by atoms with van der Waals surface area (Å²) in [5, 5.41) is 2.98. The summed E-state index contributed by atoms with van der Waals surface area (Å²) in [5.41, 5.74) is 0.380. The van der Waals surface area contributed by atoms with Gasteiger partial charge in [0, 0.05) is 51.0 Å². The molecule has 2 fully saturated rings. The zero-order valence-electron chi connectivity index (χ0n) is 17.1. The molecular formula is C20H31N5O3. The summed E-state index contributed by atoms with van der Waals surface area (Å²) in [6, 6.07) is 3.76. The van der Waals surface area contributed by atoms with Crippen LogP contribution in [-0.2, 0) is 9.53 Å². The van der Waals surface area contributed by atoms with Gasteiger partial charge in [-0.05, 0) is 32.9 Å². The minimum absolute atomic E-state index is 0.000166. The number of rotatable bonds is 4. The number of anilines is 1. The highest BCUT2D eigenvalue weighted by molar-refractivity contribution is 5.94. The van der Waals surface area contributed by atoms with Crippen LogP contribution >= 0.6 is 0 Å². The molecular weight excluding hydrogens is 358 g/mol. The molecule has 8 heteroatoms. The molecule has 154 valence electrons. The summed E-state index contributed by atoms with van der Waals surface area (Å²) >= 11 is 0. The number of hydrogen-bond donors (Lipinski definition) is 1. The van der Waals surface area contributed by atoms with Crippen LogP contribution in [0.2, 0.25) is 0 Å². The van der Waals surface area contributed by atoms with Crippen LogP contribution in [0, 0.1) is 0 Å². The van der Waals surface area contributed by atoms with E-state index in [9.17, 15) is 9.59 Å². The number of amides is 2. The molecule has 1 N–H and O–H groups in total. The van der Waals surface area contributed by atoms with E-state index in [2.05, 4.69) is 20.1 Å². The van der Waals surface area contributed by atoms with Crippen LogP contribution in [0.15, 0.2) is 18.3 Å². The summed E-state index contributed by atoms with van der Waals surface area (Å²) in [7, 11) is 0. The lowest BCUT2D eigenvalue weighted by atomic mass is 10.1. The summed E-state index contributed by atoms with van der Waals surface area (Å²) in [5.74, 6) is 0.907. The first-order valence-corrected chi connectivity index (χ1v) is 9.93. The molecule has 0 radical (unpaired) electrons. The van der Waals surface area contributed by atoms with Gasteiger partial charge in [-0.2, -0.15) is 0 Å². The molecule has 0 aromatic carbocycles. The Bertz CT molecular complexity index is 672. The molecule has 1 aromatic heterocycles. The lowest BCUT2D eigenvalue weighted by Crippen LogP contribution is -2.52. The molecule has 2 amide bonds. The number of carbonyl (C=O) groups excluding carboxylic acids is 2. The number of piperazine rings is 1. The highest BCUT2D eigenvalue weighted by atomic mass is 16.5. The maximum Gasteiger partial charge on any atom is 0.255 e. The first-order chi connectivity index (χ1) is 13.3. The SMILES string of the molecule is CC(C)(C)NC(=O)CN1CCN(C(=O)c2ccc(N3CCOCC3)nc2)CC1. The van der Waals surface area contributed by atoms with E-state index in [0.717, 1.165) is 18.9 Å². The molecule has 0 saturated carbocycles. The van der Waals surface area contributed by atoms with Crippen molar-refractivity contribution in [3.63, 3.8) is 0 Å². The van der Waals surface area contributed by atoms with Crippen molar-refractivity contribution < 1.29 is 14.3 Å². The molecule has 0 aliphatic carbocycles. The Morgan fingerprint density at radius 3 is 2.32 bits per heavy atom. The van der Waals surface area contributed by atoms with Crippen LogP contribution in [-0.4, -0.2) is 91.2 Å². The highest BCUT2D eigenvalue weighted by Gasteiger charge is 2.24. The molecule has 8 nitrogen and oxygen atoms in total. The van der Waals surface area contributed by atoms with Gasteiger partial charge in [0.1, 0.15) is 5.82 Å². The van der Waals surface area contributed by atoms with Crippen LogP contribution < -0.4 is 10.2 Å². The molecule has 2 aliphatic heterocycles. The maximum absolute atomic E-state index is 12.8. The third kappa shape index (κ3) is 5.65. The second-order valence-electron chi connectivity index (χ2n) is 8.37. The van der Waals surface area contributed by atoms with Crippen LogP contribution in [0.5, 0.6) is 0 Å². The van der Waals surface area contributed by atoms with Crippen LogP contribution in [0.25, 0.3) is 0 Å². The van der Waals surface area contributed by atoms with E-state index in [-0.39, 0.29) is 17.4 Å². The van der Waals surface area contributed by atoms with Gasteiger partial charge in [-0.1, -0.05) is 0 Å². The molecule has 0 atom stereocenters. The van der Waals surface area contributed by atoms with Crippen molar-refractivity contribution in [1.82, 2.24) is 20.1 Å². The van der Waals surface area contributed by atoms with Crippen molar-refractivity contribution in [2.24, 2.45) is 0 Å². The molecule has 3 rings (SSSR count). The lowest BCUT2D eigenvalue weighted by Gasteiger charge is -2.35. The number of hydrogen-bond acceptors (Lipinski definition) is 6. The van der Waals surface area contributed by atoms with Crippen LogP contribution in [0.1, 0.15) is 31.1 Å². The topological polar surface area (TPSA) is 78.0 Å². The molecule has 2 saturated heterocycles. The summed E-state index contributed by atoms with van der Waals surface area (Å²) < 4.78 is 5.36. The zero-order chi connectivity index (χ0) is 20.1. The molecule has 3 heterocycles. The third-order valence-electron chi connectivity index (χ3n) is 4.87. The quantitative estimate of drug-likeness (QED) is 0.812. The molecule has 2 aliphatic rings. The van der Waals surface area contributed by atoms with E-state index in [4.69, 9.17) is 4.74 Å². The maximum atomic E-state index is 12.8. The van der Waals surface area contributed by atoms with Crippen molar-refractivity contribution in [3.8, 4) is 0 Å². The van der Waals surface area contributed by atoms with Gasteiger partial charge in [-0.3, -0.25) is 14.5 Å². The smallest absolute Gasteiger partial charge is 0.255 e. The Labute approximate surface area is 166 Å². The molecule has 1 aromatic rings. The van der Waals surface area contributed by atoms with E-state index >= 15 is 0 Å². The van der Waals surface area contributed by atoms with Gasteiger partial charge >= 0.3 is 0 Å². The fourth-order valence-electron chi connectivity index (χ4n) is 3.44. The molecule has 0 spiro atoms. The number of nitrogens with zero attached hydrogens (tertiary/aromatic N) is 4. The summed E-state index contributed by atoms with van der Waals surface area (Å²) in [4.78, 5) is 35.4. The first kappa shape index (κ1) is 20.5. The fourth-order valence-corrected chi connectivity index (χ4v) is 3.44. The van der Waals surface area contributed by atoms with Crippen molar-refractivity contribution in [2.75, 3.05) is 63.9 Å². The lowest BCUT2D eigenvalue weighted by molar-refractivity contribution is -0.124. The minimum atomic E-state index is -0.227. The van der Waals surface area contributed by atoms with E-state index in [1.165, 1.54) is 0 Å². The second kappa shape index (κ2) is 8.87. The first-order valence-electron chi connectivity index (χ1n) is 9.93. The normalized spacial score (nSPS) is 18.8. The zero-order valence-corrected chi connectivity index (χ0v) is 17.1. The Morgan fingerprint density at radius 1 is 1.07 bits per heavy atom. The second-order valence-corrected chi connectivity index (χ2v) is 8.37. The Hall–Kier alpha value is -2.19. The number of nitrogens with one attached hydrogen (secondary N) is 1. The van der Waals surface area contributed by atoms with Crippen molar-refractivity contribution in [2.45, 2.75) is 26.3 Å². The minimum Gasteiger partial charge on any atom is -0.378 e. The van der Waals surface area contributed by atoms with Gasteiger partial charge < -0.3 is 19.9 Å². The van der Waals surface area contributed by atoms with Crippen molar-refractivity contribution in [3.05, 3.63) is 23.9 Å². The average molecular weight is 390 g/mol. The molecule has 28 heavy (non-hydrogen) atoms. The Balaban J connectivity index is 1.49. The Morgan fingerprint density at radius 2 is 1.75 bits per heavy atom. The van der Waals surface area contributed by atoms with E-state index in [1.54, 1.807) is 6.20 Å². The van der Waals surface area contributed by atoms with Gasteiger partial charge in [0.15, 0.2) is 0 Å². The van der Waals surface area contributed by atoms with Gasteiger partial charge in [-0.15, -0.1) is 0 Å². The fraction of sp³-hybridized carbons (Fsp3) is 0.650. The van der Waals surface area contributed by atoms with E-state index < -0.39 is 0 Å². The Kier molecular flexibility index (Phi) is 6.51. The van der Waals surface area contributed by atoms with Crippen molar-refractivity contribution in [1.29, 1.82) is 0 Å². The van der Waals surface area contributed by atoms with Gasteiger partial charge in [0.25, 0.3) is 5.91 Å². The largest absolute Gasteiger partial charge is 0.378 e. The number of pyridine rings is 1. The summed E-state index contributed by atoms with van der Waals surface area (Å²) in [6.07, 6.45) is 1.66. The molecule has 0 bridgehead atoms. The number of aromatic nitrogens is 1. The average Bonchev–Trinajstić information content (AvgIpc) is 2.67. The third-order valence-corrected chi connectivity index (χ3v) is 4.87.